The molecule has 0 aliphatic carbocycles. The molecule has 2 atom stereocenters. The first-order valence-electron chi connectivity index (χ1n) is 12.0. The second-order valence-corrected chi connectivity index (χ2v) is 10.9. The third-order valence-corrected chi connectivity index (χ3v) is 7.74. The molecular weight excluding hydrogens is 428 g/mol. The Morgan fingerprint density at radius 1 is 1.24 bits per heavy atom. The summed E-state index contributed by atoms with van der Waals surface area (Å²) in [6.07, 6.45) is 0. The van der Waals surface area contributed by atoms with Crippen molar-refractivity contribution >= 4 is 17.4 Å². The highest BCUT2D eigenvalue weighted by Gasteiger charge is 2.44. The summed E-state index contributed by atoms with van der Waals surface area (Å²) < 4.78 is 6.15. The van der Waals surface area contributed by atoms with Crippen LogP contribution in [0.3, 0.4) is 0 Å². The van der Waals surface area contributed by atoms with E-state index in [0.717, 1.165) is 41.2 Å². The van der Waals surface area contributed by atoms with Crippen LogP contribution in [0.4, 0.5) is 5.69 Å². The molecule has 0 bridgehead atoms. The van der Waals surface area contributed by atoms with Crippen molar-refractivity contribution in [1.29, 1.82) is 0 Å². The topological polar surface area (TPSA) is 77.4 Å². The summed E-state index contributed by atoms with van der Waals surface area (Å²) >= 11 is 0. The number of hydrazone groups is 1. The fourth-order valence-corrected chi connectivity index (χ4v) is 5.77. The molecule has 0 radical (unpaired) electrons. The third-order valence-electron chi connectivity index (χ3n) is 7.74. The first-order valence-corrected chi connectivity index (χ1v) is 12.0. The number of hydrogen-bond acceptors (Lipinski definition) is 6. The van der Waals surface area contributed by atoms with E-state index in [1.807, 2.05) is 43.9 Å². The van der Waals surface area contributed by atoms with E-state index >= 15 is 0 Å². The van der Waals surface area contributed by atoms with Gasteiger partial charge in [-0.05, 0) is 73.5 Å². The van der Waals surface area contributed by atoms with Crippen molar-refractivity contribution < 1.29 is 14.6 Å². The molecule has 3 aliphatic heterocycles. The summed E-state index contributed by atoms with van der Waals surface area (Å²) in [6.45, 7) is 12.5. The molecule has 34 heavy (non-hydrogen) atoms. The number of benzene rings is 2. The van der Waals surface area contributed by atoms with Gasteiger partial charge in [0.25, 0.3) is 5.91 Å². The Labute approximate surface area is 201 Å². The van der Waals surface area contributed by atoms with Gasteiger partial charge in [0.15, 0.2) is 5.84 Å². The van der Waals surface area contributed by atoms with Gasteiger partial charge in [-0.25, -0.2) is 5.43 Å². The summed E-state index contributed by atoms with van der Waals surface area (Å²) in [5.74, 6) is 1.55. The molecule has 7 heteroatoms. The van der Waals surface area contributed by atoms with Crippen LogP contribution >= 0.6 is 0 Å². The lowest BCUT2D eigenvalue weighted by atomic mass is 9.67. The van der Waals surface area contributed by atoms with Crippen molar-refractivity contribution in [2.45, 2.75) is 52.2 Å². The van der Waals surface area contributed by atoms with Crippen LogP contribution in [0.1, 0.15) is 51.7 Å². The molecule has 0 aromatic heterocycles. The molecule has 1 unspecified atom stereocenters. The Morgan fingerprint density at radius 2 is 1.94 bits per heavy atom. The summed E-state index contributed by atoms with van der Waals surface area (Å²) in [5, 5.41) is 15.2. The number of fused-ring (bicyclic) bond motifs is 3. The average Bonchev–Trinajstić information content (AvgIpc) is 2.78. The lowest BCUT2D eigenvalue weighted by molar-refractivity contribution is -0.122. The van der Waals surface area contributed by atoms with Crippen molar-refractivity contribution in [1.82, 2.24) is 10.3 Å². The molecule has 1 amide bonds. The smallest absolute Gasteiger partial charge is 0.262 e. The van der Waals surface area contributed by atoms with E-state index in [2.05, 4.69) is 54.5 Å². The van der Waals surface area contributed by atoms with E-state index in [1.165, 1.54) is 5.56 Å². The first-order chi connectivity index (χ1) is 16.0. The van der Waals surface area contributed by atoms with Gasteiger partial charge in [0, 0.05) is 13.1 Å². The quantitative estimate of drug-likeness (QED) is 0.725. The Bertz CT molecular complexity index is 1180. The molecule has 3 aliphatic rings. The number of anilines is 1. The van der Waals surface area contributed by atoms with Gasteiger partial charge >= 0.3 is 0 Å². The van der Waals surface area contributed by atoms with Crippen LogP contribution in [0, 0.1) is 5.41 Å². The molecule has 2 aromatic rings. The number of hydrogen-bond donors (Lipinski definition) is 2. The number of ether oxygens (including phenoxy) is 1. The van der Waals surface area contributed by atoms with Gasteiger partial charge in [-0.1, -0.05) is 38.1 Å². The molecule has 0 spiro atoms. The number of carbonyl (C=O) groups excluding carboxylic acids is 1. The van der Waals surface area contributed by atoms with Gasteiger partial charge in [0.2, 0.25) is 0 Å². The highest BCUT2D eigenvalue weighted by atomic mass is 16.5. The van der Waals surface area contributed by atoms with Gasteiger partial charge in [0.05, 0.1) is 11.3 Å². The number of amidine groups is 1. The highest BCUT2D eigenvalue weighted by molar-refractivity contribution is 6.09. The zero-order valence-corrected chi connectivity index (χ0v) is 20.8. The van der Waals surface area contributed by atoms with Gasteiger partial charge in [-0.3, -0.25) is 4.79 Å². The maximum Gasteiger partial charge on any atom is 0.262 e. The lowest BCUT2D eigenvalue weighted by Crippen LogP contribution is -2.56. The van der Waals surface area contributed by atoms with Gasteiger partial charge in [0.1, 0.15) is 18.4 Å². The predicted octanol–water partition coefficient (Wildman–Crippen LogP) is 3.67. The zero-order chi connectivity index (χ0) is 24.4. The van der Waals surface area contributed by atoms with Crippen LogP contribution in [0.2, 0.25) is 0 Å². The van der Waals surface area contributed by atoms with E-state index in [-0.39, 0.29) is 23.3 Å². The summed E-state index contributed by atoms with van der Waals surface area (Å²) in [4.78, 5) is 16.8. The number of amides is 1. The molecule has 1 saturated heterocycles. The van der Waals surface area contributed by atoms with Crippen LogP contribution in [0.15, 0.2) is 41.5 Å². The molecule has 3 heterocycles. The maximum atomic E-state index is 12.4. The molecular formula is C27H34N4O3. The Morgan fingerprint density at radius 3 is 2.62 bits per heavy atom. The summed E-state index contributed by atoms with van der Waals surface area (Å²) in [7, 11) is 2.15. The minimum atomic E-state index is -0.992. The molecule has 2 N–H and O–H groups in total. The Hall–Kier alpha value is -2.90. The average molecular weight is 463 g/mol. The van der Waals surface area contributed by atoms with E-state index in [1.54, 1.807) is 0 Å². The molecule has 2 aromatic carbocycles. The van der Waals surface area contributed by atoms with Gasteiger partial charge in [-0.15, -0.1) is 0 Å². The van der Waals surface area contributed by atoms with Crippen molar-refractivity contribution in [3.8, 4) is 16.9 Å². The largest absolute Gasteiger partial charge is 0.483 e. The van der Waals surface area contributed by atoms with Crippen LogP contribution in [-0.2, 0) is 10.4 Å². The van der Waals surface area contributed by atoms with E-state index in [9.17, 15) is 9.90 Å². The lowest BCUT2D eigenvalue weighted by Gasteiger charge is -2.51. The summed E-state index contributed by atoms with van der Waals surface area (Å²) in [5.41, 5.74) is 6.74. The number of likely N-dealkylation sites (tertiary alicyclic amines) is 1. The van der Waals surface area contributed by atoms with Gasteiger partial charge < -0.3 is 19.6 Å². The predicted molar refractivity (Wildman–Crippen MR) is 134 cm³/mol. The Kier molecular flexibility index (Phi) is 5.26. The SMILES string of the molecule is CC1C(=O)NN=C2COc3cc(-c4ccccc4C(C)(C)O)c([C@@H](C)C4(C)CN(C)C4)cc3N21. The zero-order valence-electron chi connectivity index (χ0n) is 20.8. The number of nitrogens with one attached hydrogen (secondary N) is 1. The minimum absolute atomic E-state index is 0.124. The number of aliphatic hydroxyl groups is 1. The van der Waals surface area contributed by atoms with Crippen molar-refractivity contribution in [2.75, 3.05) is 31.6 Å². The van der Waals surface area contributed by atoms with Crippen molar-refractivity contribution in [3.63, 3.8) is 0 Å². The molecule has 7 nitrogen and oxygen atoms in total. The van der Waals surface area contributed by atoms with Crippen LogP contribution in [0.5, 0.6) is 5.75 Å². The fraction of sp³-hybridized carbons (Fsp3) is 0.481. The first kappa shape index (κ1) is 22.9. The highest BCUT2D eigenvalue weighted by Crippen LogP contribution is 2.50. The van der Waals surface area contributed by atoms with Gasteiger partial charge in [-0.2, -0.15) is 5.10 Å². The maximum absolute atomic E-state index is 12.4. The standard InChI is InChI=1S/C27H34N4O3/c1-16(27(5)14-30(6)15-27)19-11-22-23(34-13-24-28-29-25(32)17(2)31(22)24)12-20(19)18-9-7-8-10-21(18)26(3,4)33/h7-12,16-17,33H,13-15H2,1-6H3,(H,29,32)/t16-,17?/m1/s1. The molecule has 180 valence electrons. The normalized spacial score (nSPS) is 22.6. The third kappa shape index (κ3) is 3.58. The minimum Gasteiger partial charge on any atom is -0.483 e. The van der Waals surface area contributed by atoms with Crippen LogP contribution < -0.4 is 15.1 Å². The fourth-order valence-electron chi connectivity index (χ4n) is 5.77. The van der Waals surface area contributed by atoms with Crippen LogP contribution in [-0.4, -0.2) is 54.5 Å². The second kappa shape index (κ2) is 7.82. The molecule has 5 rings (SSSR count). The number of nitrogens with zero attached hydrogens (tertiary/aromatic N) is 3. The Balaban J connectivity index is 1.73. The molecule has 0 saturated carbocycles. The van der Waals surface area contributed by atoms with E-state index < -0.39 is 5.60 Å². The van der Waals surface area contributed by atoms with Crippen LogP contribution in [0.25, 0.3) is 11.1 Å². The van der Waals surface area contributed by atoms with Crippen molar-refractivity contribution in [3.05, 3.63) is 47.5 Å². The van der Waals surface area contributed by atoms with E-state index in [0.29, 0.717) is 12.4 Å². The number of carbonyl (C=O) groups is 1. The molecule has 1 fully saturated rings. The monoisotopic (exact) mass is 462 g/mol. The second-order valence-electron chi connectivity index (χ2n) is 10.9. The summed E-state index contributed by atoms with van der Waals surface area (Å²) in [6, 6.07) is 11.9. The number of rotatable bonds is 4. The van der Waals surface area contributed by atoms with Crippen molar-refractivity contribution in [2.24, 2.45) is 10.5 Å². The van der Waals surface area contributed by atoms with E-state index in [4.69, 9.17) is 4.74 Å².